The first-order chi connectivity index (χ1) is 17.5. The number of fused-ring (bicyclic) bond motifs is 3. The molecule has 2 aromatic carbocycles. The first-order valence-corrected chi connectivity index (χ1v) is 12.3. The van der Waals surface area contributed by atoms with Crippen molar-refractivity contribution in [2.75, 3.05) is 20.3 Å². The van der Waals surface area contributed by atoms with E-state index in [1.54, 1.807) is 18.7 Å². The molecule has 1 aliphatic heterocycles. The van der Waals surface area contributed by atoms with Gasteiger partial charge in [-0.15, -0.1) is 0 Å². The summed E-state index contributed by atoms with van der Waals surface area (Å²) in [5.74, 6) is 1.30. The highest BCUT2D eigenvalue weighted by Crippen LogP contribution is 2.42. The fraction of sp³-hybridized carbons (Fsp3) is 0.357. The van der Waals surface area contributed by atoms with Crippen molar-refractivity contribution in [3.8, 4) is 22.8 Å². The van der Waals surface area contributed by atoms with Crippen LogP contribution in [0, 0.1) is 0 Å². The molecule has 8 nitrogen and oxygen atoms in total. The summed E-state index contributed by atoms with van der Waals surface area (Å²) in [6.07, 6.45) is 1.51. The van der Waals surface area contributed by atoms with Gasteiger partial charge in [0.25, 0.3) is 5.56 Å². The van der Waals surface area contributed by atoms with Gasteiger partial charge in [0.2, 0.25) is 0 Å². The molecule has 0 bridgehead atoms. The molecular formula is C28H31N3O5. The summed E-state index contributed by atoms with van der Waals surface area (Å²) in [5.41, 5.74) is 3.27. The third-order valence-corrected chi connectivity index (χ3v) is 6.85. The van der Waals surface area contributed by atoms with Gasteiger partial charge in [0.1, 0.15) is 6.10 Å². The predicted octanol–water partition coefficient (Wildman–Crippen LogP) is 4.01. The Labute approximate surface area is 209 Å². The normalized spacial score (nSPS) is 15.2. The van der Waals surface area contributed by atoms with Gasteiger partial charge < -0.3 is 18.8 Å². The van der Waals surface area contributed by atoms with Crippen LogP contribution in [0.5, 0.6) is 11.5 Å². The molecule has 0 radical (unpaired) electrons. The minimum atomic E-state index is -0.491. The Morgan fingerprint density at radius 3 is 2.53 bits per heavy atom. The number of ether oxygens (including phenoxy) is 3. The summed E-state index contributed by atoms with van der Waals surface area (Å²) in [6, 6.07) is 15.6. The van der Waals surface area contributed by atoms with Crippen molar-refractivity contribution in [2.45, 2.75) is 32.4 Å². The lowest BCUT2D eigenvalue weighted by molar-refractivity contribution is 0.0477. The third-order valence-electron chi connectivity index (χ3n) is 6.85. The van der Waals surface area contributed by atoms with Gasteiger partial charge in [-0.2, -0.15) is 0 Å². The fourth-order valence-corrected chi connectivity index (χ4v) is 5.02. The maximum Gasteiger partial charge on any atom is 0.331 e. The molecule has 0 unspecified atom stereocenters. The lowest BCUT2D eigenvalue weighted by Crippen LogP contribution is -2.37. The number of hydrogen-bond acceptors (Lipinski definition) is 5. The Balaban J connectivity index is 1.76. The summed E-state index contributed by atoms with van der Waals surface area (Å²) in [6.45, 7) is 3.76. The number of rotatable bonds is 7. The Hall–Kier alpha value is -3.78. The van der Waals surface area contributed by atoms with E-state index in [4.69, 9.17) is 14.2 Å². The smallest absolute Gasteiger partial charge is 0.331 e. The molecule has 0 saturated heterocycles. The van der Waals surface area contributed by atoms with E-state index >= 15 is 0 Å². The highest BCUT2D eigenvalue weighted by molar-refractivity contribution is 5.96. The van der Waals surface area contributed by atoms with Crippen molar-refractivity contribution < 1.29 is 14.2 Å². The van der Waals surface area contributed by atoms with E-state index in [0.717, 1.165) is 35.4 Å². The van der Waals surface area contributed by atoms with Gasteiger partial charge in [0.15, 0.2) is 11.5 Å². The van der Waals surface area contributed by atoms with Crippen LogP contribution in [-0.2, 0) is 25.4 Å². The van der Waals surface area contributed by atoms with Gasteiger partial charge in [0, 0.05) is 20.6 Å². The van der Waals surface area contributed by atoms with Crippen molar-refractivity contribution in [1.29, 1.82) is 0 Å². The van der Waals surface area contributed by atoms with Crippen molar-refractivity contribution in [3.63, 3.8) is 0 Å². The second-order valence-corrected chi connectivity index (χ2v) is 9.04. The summed E-state index contributed by atoms with van der Waals surface area (Å²) >= 11 is 0. The highest BCUT2D eigenvalue weighted by atomic mass is 16.5. The summed E-state index contributed by atoms with van der Waals surface area (Å²) < 4.78 is 22.7. The molecule has 188 valence electrons. The quantitative estimate of drug-likeness (QED) is 0.367. The molecule has 0 spiro atoms. The molecule has 1 aliphatic rings. The SMILES string of the molecule is CCCCOc1ccc([C@@H]2OCCn3c(-c4ccccc4)c4c(=O)n(C)c(=O)n(C)c4c32)cc1OC. The molecule has 0 N–H and O–H groups in total. The number of benzene rings is 2. The molecule has 0 fully saturated rings. The van der Waals surface area contributed by atoms with E-state index in [1.807, 2.05) is 48.5 Å². The maximum absolute atomic E-state index is 13.5. The lowest BCUT2D eigenvalue weighted by Gasteiger charge is -2.28. The van der Waals surface area contributed by atoms with Crippen LogP contribution < -0.4 is 20.7 Å². The molecule has 0 saturated carbocycles. The third kappa shape index (κ3) is 3.82. The number of methoxy groups -OCH3 is 1. The van der Waals surface area contributed by atoms with Crippen LogP contribution in [0.4, 0.5) is 0 Å². The van der Waals surface area contributed by atoms with Gasteiger partial charge >= 0.3 is 5.69 Å². The van der Waals surface area contributed by atoms with Crippen LogP contribution in [0.1, 0.15) is 37.1 Å². The summed E-state index contributed by atoms with van der Waals surface area (Å²) in [5, 5.41) is 0.516. The maximum atomic E-state index is 13.5. The molecule has 0 aliphatic carbocycles. The zero-order valence-electron chi connectivity index (χ0n) is 21.1. The van der Waals surface area contributed by atoms with Gasteiger partial charge in [-0.1, -0.05) is 49.7 Å². The molecule has 0 amide bonds. The molecule has 4 aromatic rings. The Kier molecular flexibility index (Phi) is 6.45. The van der Waals surface area contributed by atoms with Gasteiger partial charge in [-0.3, -0.25) is 13.9 Å². The largest absolute Gasteiger partial charge is 0.493 e. The number of unbranched alkanes of at least 4 members (excludes halogenated alkanes) is 1. The fourth-order valence-electron chi connectivity index (χ4n) is 5.02. The summed E-state index contributed by atoms with van der Waals surface area (Å²) in [4.78, 5) is 26.5. The van der Waals surface area contributed by atoms with Crippen LogP contribution in [0.2, 0.25) is 0 Å². The Morgan fingerprint density at radius 2 is 1.81 bits per heavy atom. The van der Waals surface area contributed by atoms with Gasteiger partial charge in [-0.25, -0.2) is 4.79 Å². The summed E-state index contributed by atoms with van der Waals surface area (Å²) in [7, 11) is 4.84. The second kappa shape index (κ2) is 9.70. The van der Waals surface area contributed by atoms with Crippen LogP contribution in [-0.4, -0.2) is 34.0 Å². The van der Waals surface area contributed by atoms with Crippen molar-refractivity contribution >= 4 is 10.9 Å². The standard InChI is InChI=1S/C28H31N3O5/c1-5-6-15-35-20-13-12-19(17-21(20)34-4)26-25-24-22(27(32)30(3)28(33)29(24)2)23(31(25)14-16-36-26)18-10-8-7-9-11-18/h7-13,17,26H,5-6,14-16H2,1-4H3/t26-/m0/s1. The minimum absolute atomic E-state index is 0.315. The zero-order valence-corrected chi connectivity index (χ0v) is 21.1. The Bertz CT molecular complexity index is 1530. The number of hydrogen-bond donors (Lipinski definition) is 0. The van der Waals surface area contributed by atoms with E-state index in [1.165, 1.54) is 11.6 Å². The van der Waals surface area contributed by atoms with Crippen molar-refractivity contribution in [2.24, 2.45) is 14.1 Å². The lowest BCUT2D eigenvalue weighted by atomic mass is 10.0. The topological polar surface area (TPSA) is 76.6 Å². The first kappa shape index (κ1) is 23.9. The van der Waals surface area contributed by atoms with Crippen LogP contribution >= 0.6 is 0 Å². The number of aryl methyl sites for hydroxylation is 1. The number of nitrogens with zero attached hydrogens (tertiary/aromatic N) is 3. The van der Waals surface area contributed by atoms with Crippen molar-refractivity contribution in [1.82, 2.24) is 13.7 Å². The minimum Gasteiger partial charge on any atom is -0.493 e. The first-order valence-electron chi connectivity index (χ1n) is 12.3. The van der Waals surface area contributed by atoms with E-state index in [9.17, 15) is 9.59 Å². The Morgan fingerprint density at radius 1 is 1.03 bits per heavy atom. The van der Waals surface area contributed by atoms with Crippen LogP contribution in [0.3, 0.4) is 0 Å². The molecule has 5 rings (SSSR count). The van der Waals surface area contributed by atoms with Crippen molar-refractivity contribution in [3.05, 3.63) is 80.6 Å². The molecule has 8 heteroatoms. The van der Waals surface area contributed by atoms with Gasteiger partial charge in [0.05, 0.1) is 42.6 Å². The van der Waals surface area contributed by atoms with E-state index in [-0.39, 0.29) is 11.2 Å². The predicted molar refractivity (Wildman–Crippen MR) is 139 cm³/mol. The van der Waals surface area contributed by atoms with E-state index in [0.29, 0.717) is 42.2 Å². The molecule has 2 aromatic heterocycles. The van der Waals surface area contributed by atoms with E-state index in [2.05, 4.69) is 11.5 Å². The zero-order chi connectivity index (χ0) is 25.4. The van der Waals surface area contributed by atoms with Gasteiger partial charge in [-0.05, 0) is 29.7 Å². The highest BCUT2D eigenvalue weighted by Gasteiger charge is 2.33. The average molecular weight is 490 g/mol. The molecular weight excluding hydrogens is 458 g/mol. The average Bonchev–Trinajstić information content (AvgIpc) is 3.27. The van der Waals surface area contributed by atoms with E-state index < -0.39 is 6.10 Å². The van der Waals surface area contributed by atoms with Crippen LogP contribution in [0.25, 0.3) is 22.2 Å². The number of aromatic nitrogens is 3. The second-order valence-electron chi connectivity index (χ2n) is 9.04. The van der Waals surface area contributed by atoms with Crippen LogP contribution in [0.15, 0.2) is 58.1 Å². The molecule has 36 heavy (non-hydrogen) atoms. The molecule has 3 heterocycles. The monoisotopic (exact) mass is 489 g/mol. The molecule has 1 atom stereocenters.